The van der Waals surface area contributed by atoms with Crippen LogP contribution in [0.3, 0.4) is 0 Å². The summed E-state index contributed by atoms with van der Waals surface area (Å²) in [5.74, 6) is -1.18. The topological polar surface area (TPSA) is 86.7 Å². The normalized spacial score (nSPS) is 18.1. The Morgan fingerprint density at radius 3 is 2.65 bits per heavy atom. The molecule has 1 fully saturated rings. The molecule has 0 aromatic heterocycles. The lowest BCUT2D eigenvalue weighted by Gasteiger charge is -2.17. The van der Waals surface area contributed by atoms with Crippen LogP contribution in [0.2, 0.25) is 0 Å². The smallest absolute Gasteiger partial charge is 0.336 e. The number of carbonyl (C=O) groups is 1. The van der Waals surface area contributed by atoms with Crippen LogP contribution in [0.5, 0.6) is 0 Å². The molecule has 1 aliphatic heterocycles. The Morgan fingerprint density at radius 1 is 1.23 bits per heavy atom. The van der Waals surface area contributed by atoms with Crippen LogP contribution in [-0.2, 0) is 16.6 Å². The molecule has 2 aromatic carbocycles. The summed E-state index contributed by atoms with van der Waals surface area (Å²) < 4.78 is 28.2. The number of hydrogen-bond acceptors (Lipinski definition) is 4. The van der Waals surface area contributed by atoms with Gasteiger partial charge in [0.05, 0.1) is 10.5 Å². The van der Waals surface area contributed by atoms with Crippen molar-refractivity contribution >= 4 is 31.9 Å². The number of sulfonamides is 1. The van der Waals surface area contributed by atoms with Gasteiger partial charge in [-0.2, -0.15) is 0 Å². The number of hydrogen-bond donors (Lipinski definition) is 2. The van der Waals surface area contributed by atoms with Crippen molar-refractivity contribution in [1.29, 1.82) is 0 Å². The van der Waals surface area contributed by atoms with Gasteiger partial charge in [-0.15, -0.1) is 0 Å². The zero-order valence-corrected chi connectivity index (χ0v) is 16.3. The van der Waals surface area contributed by atoms with E-state index in [-0.39, 0.29) is 16.5 Å². The SMILES string of the molecule is O=C(O)c1cc(S(=O)(=O)NC2CCN(Cc3ccccc3)C2)ccc1Br. The predicted molar refractivity (Wildman–Crippen MR) is 102 cm³/mol. The number of rotatable bonds is 6. The first kappa shape index (κ1) is 19.0. The highest BCUT2D eigenvalue weighted by Gasteiger charge is 2.28. The summed E-state index contributed by atoms with van der Waals surface area (Å²) in [4.78, 5) is 13.4. The van der Waals surface area contributed by atoms with Crippen molar-refractivity contribution in [2.45, 2.75) is 23.9 Å². The molecule has 3 rings (SSSR count). The van der Waals surface area contributed by atoms with E-state index < -0.39 is 16.0 Å². The maximum atomic E-state index is 12.6. The van der Waals surface area contributed by atoms with Gasteiger partial charge in [-0.3, -0.25) is 4.90 Å². The van der Waals surface area contributed by atoms with Crippen molar-refractivity contribution in [1.82, 2.24) is 9.62 Å². The number of nitrogens with zero attached hydrogens (tertiary/aromatic N) is 1. The van der Waals surface area contributed by atoms with Crippen LogP contribution in [0.4, 0.5) is 0 Å². The van der Waals surface area contributed by atoms with E-state index in [2.05, 4.69) is 25.6 Å². The number of carboxylic acid groups (broad SMARTS) is 1. The molecule has 0 spiro atoms. The Morgan fingerprint density at radius 2 is 1.96 bits per heavy atom. The van der Waals surface area contributed by atoms with Crippen molar-refractivity contribution in [2.24, 2.45) is 0 Å². The zero-order valence-electron chi connectivity index (χ0n) is 13.9. The Hall–Kier alpha value is -1.74. The lowest BCUT2D eigenvalue weighted by atomic mass is 10.2. The molecule has 1 heterocycles. The van der Waals surface area contributed by atoms with Gasteiger partial charge >= 0.3 is 5.97 Å². The van der Waals surface area contributed by atoms with Gasteiger partial charge in [0.1, 0.15) is 0 Å². The summed E-state index contributed by atoms with van der Waals surface area (Å²) in [6, 6.07) is 13.8. The van der Waals surface area contributed by atoms with Gasteiger partial charge in [-0.05, 0) is 46.1 Å². The van der Waals surface area contributed by atoms with Crippen molar-refractivity contribution in [3.8, 4) is 0 Å². The highest BCUT2D eigenvalue weighted by molar-refractivity contribution is 9.10. The third kappa shape index (κ3) is 4.50. The molecule has 2 aromatic rings. The van der Waals surface area contributed by atoms with Gasteiger partial charge in [0.2, 0.25) is 10.0 Å². The monoisotopic (exact) mass is 438 g/mol. The summed E-state index contributed by atoms with van der Waals surface area (Å²) in [6.45, 7) is 2.21. The largest absolute Gasteiger partial charge is 0.478 e. The minimum absolute atomic E-state index is 0.0420. The molecule has 0 radical (unpaired) electrons. The molecule has 2 N–H and O–H groups in total. The Bertz CT molecular complexity index is 903. The lowest BCUT2D eigenvalue weighted by Crippen LogP contribution is -2.37. The Kier molecular flexibility index (Phi) is 5.76. The molecule has 1 aliphatic rings. The Balaban J connectivity index is 1.67. The van der Waals surface area contributed by atoms with E-state index in [0.717, 1.165) is 13.1 Å². The van der Waals surface area contributed by atoms with Crippen molar-refractivity contribution < 1.29 is 18.3 Å². The van der Waals surface area contributed by atoms with E-state index in [1.165, 1.54) is 23.8 Å². The van der Waals surface area contributed by atoms with Crippen LogP contribution in [-0.4, -0.2) is 43.5 Å². The minimum atomic E-state index is -3.77. The molecule has 138 valence electrons. The average molecular weight is 439 g/mol. The molecule has 8 heteroatoms. The third-order valence-electron chi connectivity index (χ3n) is 4.32. The number of carboxylic acids is 1. The van der Waals surface area contributed by atoms with E-state index in [1.807, 2.05) is 30.3 Å². The van der Waals surface area contributed by atoms with Gasteiger partial charge in [0.25, 0.3) is 0 Å². The zero-order chi connectivity index (χ0) is 18.7. The molecular weight excluding hydrogens is 420 g/mol. The first-order valence-electron chi connectivity index (χ1n) is 8.16. The molecule has 26 heavy (non-hydrogen) atoms. The van der Waals surface area contributed by atoms with Gasteiger partial charge in [0, 0.05) is 30.1 Å². The Labute approximate surface area is 161 Å². The van der Waals surface area contributed by atoms with Crippen LogP contribution in [0, 0.1) is 0 Å². The van der Waals surface area contributed by atoms with Crippen molar-refractivity contribution in [3.05, 3.63) is 64.1 Å². The summed E-state index contributed by atoms with van der Waals surface area (Å²) in [6.07, 6.45) is 0.717. The second kappa shape index (κ2) is 7.87. The molecule has 0 bridgehead atoms. The molecule has 0 saturated carbocycles. The van der Waals surface area contributed by atoms with E-state index in [0.29, 0.717) is 17.4 Å². The van der Waals surface area contributed by atoms with E-state index in [9.17, 15) is 13.2 Å². The first-order valence-corrected chi connectivity index (χ1v) is 10.4. The van der Waals surface area contributed by atoms with E-state index >= 15 is 0 Å². The maximum Gasteiger partial charge on any atom is 0.336 e. The number of nitrogens with one attached hydrogen (secondary N) is 1. The highest BCUT2D eigenvalue weighted by Crippen LogP contribution is 2.22. The standard InChI is InChI=1S/C18H19BrN2O4S/c19-17-7-6-15(10-16(17)18(22)23)26(24,25)20-14-8-9-21(12-14)11-13-4-2-1-3-5-13/h1-7,10,14,20H,8-9,11-12H2,(H,22,23). The van der Waals surface area contributed by atoms with Gasteiger partial charge in [-0.25, -0.2) is 17.9 Å². The number of likely N-dealkylation sites (tertiary alicyclic amines) is 1. The third-order valence-corrected chi connectivity index (χ3v) is 6.53. The second-order valence-electron chi connectivity index (χ2n) is 6.27. The fraction of sp³-hybridized carbons (Fsp3) is 0.278. The quantitative estimate of drug-likeness (QED) is 0.723. The average Bonchev–Trinajstić information content (AvgIpc) is 3.01. The van der Waals surface area contributed by atoms with Gasteiger partial charge < -0.3 is 5.11 Å². The molecular formula is C18H19BrN2O4S. The van der Waals surface area contributed by atoms with Crippen LogP contribution in [0.15, 0.2) is 57.9 Å². The van der Waals surface area contributed by atoms with Crippen LogP contribution in [0.25, 0.3) is 0 Å². The molecule has 6 nitrogen and oxygen atoms in total. The second-order valence-corrected chi connectivity index (χ2v) is 8.84. The van der Waals surface area contributed by atoms with Gasteiger partial charge in [-0.1, -0.05) is 30.3 Å². The van der Waals surface area contributed by atoms with Crippen LogP contribution >= 0.6 is 15.9 Å². The van der Waals surface area contributed by atoms with Crippen molar-refractivity contribution in [2.75, 3.05) is 13.1 Å². The fourth-order valence-electron chi connectivity index (χ4n) is 3.04. The summed E-state index contributed by atoms with van der Waals surface area (Å²) in [5.41, 5.74) is 1.11. The molecule has 0 aliphatic carbocycles. The molecule has 1 saturated heterocycles. The number of aromatic carboxylic acids is 1. The highest BCUT2D eigenvalue weighted by atomic mass is 79.9. The van der Waals surface area contributed by atoms with E-state index in [1.54, 1.807) is 0 Å². The molecule has 0 amide bonds. The fourth-order valence-corrected chi connectivity index (χ4v) is 4.74. The predicted octanol–water partition coefficient (Wildman–Crippen LogP) is 2.70. The first-order chi connectivity index (χ1) is 12.3. The maximum absolute atomic E-state index is 12.6. The molecule has 1 unspecified atom stereocenters. The number of benzene rings is 2. The van der Waals surface area contributed by atoms with Gasteiger partial charge in [0.15, 0.2) is 0 Å². The summed E-state index contributed by atoms with van der Waals surface area (Å²) in [7, 11) is -3.77. The molecule has 1 atom stereocenters. The number of halogens is 1. The van der Waals surface area contributed by atoms with Crippen LogP contribution in [0.1, 0.15) is 22.3 Å². The van der Waals surface area contributed by atoms with Crippen molar-refractivity contribution in [3.63, 3.8) is 0 Å². The van der Waals surface area contributed by atoms with Crippen LogP contribution < -0.4 is 4.72 Å². The summed E-state index contributed by atoms with van der Waals surface area (Å²) in [5, 5.41) is 9.16. The van der Waals surface area contributed by atoms with E-state index in [4.69, 9.17) is 5.11 Å². The minimum Gasteiger partial charge on any atom is -0.478 e. The summed E-state index contributed by atoms with van der Waals surface area (Å²) >= 11 is 3.12. The lowest BCUT2D eigenvalue weighted by molar-refractivity contribution is 0.0695.